The number of benzene rings is 1. The number of carbonyl (C=O) groups excluding carboxylic acids is 1. The van der Waals surface area contributed by atoms with Crippen LogP contribution in [-0.2, 0) is 16.1 Å². The first-order valence-electron chi connectivity index (χ1n) is 12.4. The molecule has 3 rings (SSSR count). The summed E-state index contributed by atoms with van der Waals surface area (Å²) in [5, 5.41) is 0. The molecule has 1 aromatic heterocycles. The molecule has 0 atom stereocenters. The first-order chi connectivity index (χ1) is 17.2. The molecular formula is C26H40Cl2N4O5. The molecule has 11 heteroatoms. The minimum atomic E-state index is -0.119. The van der Waals surface area contributed by atoms with Gasteiger partial charge in [-0.3, -0.25) is 9.69 Å². The van der Waals surface area contributed by atoms with Gasteiger partial charge >= 0.3 is 5.97 Å². The number of esters is 1. The van der Waals surface area contributed by atoms with Gasteiger partial charge in [0.05, 0.1) is 27.4 Å². The number of ether oxygens (including phenoxy) is 4. The molecule has 2 aromatic rings. The van der Waals surface area contributed by atoms with Crippen molar-refractivity contribution in [3.8, 4) is 17.2 Å². The second-order valence-corrected chi connectivity index (χ2v) is 8.42. The summed E-state index contributed by atoms with van der Waals surface area (Å²) in [6, 6.07) is 5.83. The average molecular weight is 560 g/mol. The molecule has 1 aliphatic heterocycles. The Labute approximate surface area is 232 Å². The van der Waals surface area contributed by atoms with Gasteiger partial charge in [0, 0.05) is 57.1 Å². The first kappa shape index (κ1) is 32.5. The predicted molar refractivity (Wildman–Crippen MR) is 149 cm³/mol. The van der Waals surface area contributed by atoms with Gasteiger partial charge in [-0.15, -0.1) is 24.8 Å². The quantitative estimate of drug-likeness (QED) is 0.244. The number of methoxy groups -OCH3 is 2. The van der Waals surface area contributed by atoms with Crippen LogP contribution in [0.5, 0.6) is 17.2 Å². The fourth-order valence-electron chi connectivity index (χ4n) is 4.16. The summed E-state index contributed by atoms with van der Waals surface area (Å²) in [6.07, 6.45) is 7.74. The molecule has 0 spiro atoms. The highest BCUT2D eigenvalue weighted by Gasteiger charge is 2.22. The van der Waals surface area contributed by atoms with Crippen LogP contribution in [0.4, 0.5) is 5.95 Å². The second kappa shape index (κ2) is 17.9. The van der Waals surface area contributed by atoms with Gasteiger partial charge in [0.2, 0.25) is 11.7 Å². The zero-order valence-electron chi connectivity index (χ0n) is 22.0. The number of carbonyl (C=O) groups is 1. The fourth-order valence-corrected chi connectivity index (χ4v) is 4.16. The maximum absolute atomic E-state index is 11.5. The fraction of sp³-hybridized carbons (Fsp3) is 0.577. The molecule has 1 fully saturated rings. The Morgan fingerprint density at radius 2 is 1.62 bits per heavy atom. The van der Waals surface area contributed by atoms with Crippen molar-refractivity contribution in [3.63, 3.8) is 0 Å². The highest BCUT2D eigenvalue weighted by molar-refractivity contribution is 5.85. The smallest absolute Gasteiger partial charge is 0.305 e. The molecule has 0 unspecified atom stereocenters. The van der Waals surface area contributed by atoms with E-state index in [2.05, 4.69) is 25.8 Å². The zero-order chi connectivity index (χ0) is 24.9. The molecule has 1 aliphatic rings. The van der Waals surface area contributed by atoms with Crippen LogP contribution in [0.2, 0.25) is 0 Å². The summed E-state index contributed by atoms with van der Waals surface area (Å²) < 4.78 is 22.4. The molecule has 0 saturated carbocycles. The van der Waals surface area contributed by atoms with Gasteiger partial charge in [0.25, 0.3) is 0 Å². The summed E-state index contributed by atoms with van der Waals surface area (Å²) >= 11 is 0. The van der Waals surface area contributed by atoms with E-state index in [1.165, 1.54) is 0 Å². The monoisotopic (exact) mass is 558 g/mol. The number of hydrogen-bond acceptors (Lipinski definition) is 9. The van der Waals surface area contributed by atoms with E-state index in [1.807, 2.05) is 19.1 Å². The van der Waals surface area contributed by atoms with Crippen LogP contribution in [0, 0.1) is 0 Å². The Hall–Kier alpha value is -2.49. The summed E-state index contributed by atoms with van der Waals surface area (Å²) in [7, 11) is 3.28. The first-order valence-corrected chi connectivity index (χ1v) is 12.4. The van der Waals surface area contributed by atoms with Crippen molar-refractivity contribution in [3.05, 3.63) is 36.2 Å². The van der Waals surface area contributed by atoms with Crippen LogP contribution in [0.15, 0.2) is 30.6 Å². The number of nitrogens with zero attached hydrogens (tertiary/aromatic N) is 4. The van der Waals surface area contributed by atoms with E-state index in [4.69, 9.17) is 18.9 Å². The molecule has 0 aliphatic carbocycles. The molecule has 0 radical (unpaired) electrons. The van der Waals surface area contributed by atoms with E-state index in [1.54, 1.807) is 26.6 Å². The van der Waals surface area contributed by atoms with E-state index in [0.717, 1.165) is 75.7 Å². The van der Waals surface area contributed by atoms with E-state index in [-0.39, 0.29) is 30.8 Å². The van der Waals surface area contributed by atoms with E-state index in [9.17, 15) is 4.79 Å². The third kappa shape index (κ3) is 10.1. The maximum atomic E-state index is 11.5. The van der Waals surface area contributed by atoms with Crippen molar-refractivity contribution in [2.75, 3.05) is 58.5 Å². The van der Waals surface area contributed by atoms with Gasteiger partial charge in [-0.05, 0) is 31.9 Å². The molecule has 0 bridgehead atoms. The molecule has 37 heavy (non-hydrogen) atoms. The zero-order valence-corrected chi connectivity index (χ0v) is 23.7. The maximum Gasteiger partial charge on any atom is 0.305 e. The molecule has 0 N–H and O–H groups in total. The highest BCUT2D eigenvalue weighted by Crippen LogP contribution is 2.40. The van der Waals surface area contributed by atoms with Gasteiger partial charge in [0.15, 0.2) is 11.5 Å². The number of aromatic nitrogens is 2. The molecule has 9 nitrogen and oxygen atoms in total. The topological polar surface area (TPSA) is 86.3 Å². The molecular weight excluding hydrogens is 519 g/mol. The van der Waals surface area contributed by atoms with E-state index >= 15 is 0 Å². The Morgan fingerprint density at radius 3 is 2.27 bits per heavy atom. The standard InChI is InChI=1S/C26H38N4O5.2ClH/c1-4-34-23(31)10-7-5-6-8-19-35-24-21(11-12-22(32-2)25(24)33-3)20-29-15-17-30(18-16-29)26-27-13-9-14-28-26;;/h9,11-14H,4-8,10,15-20H2,1-3H3;2*1H. The third-order valence-corrected chi connectivity index (χ3v) is 6.01. The van der Waals surface area contributed by atoms with Gasteiger partial charge < -0.3 is 23.8 Å². The molecule has 208 valence electrons. The third-order valence-electron chi connectivity index (χ3n) is 6.01. The summed E-state index contributed by atoms with van der Waals surface area (Å²) in [5.74, 6) is 2.69. The van der Waals surface area contributed by atoms with Gasteiger partial charge in [-0.1, -0.05) is 18.9 Å². The normalized spacial score (nSPS) is 13.2. The Kier molecular flexibility index (Phi) is 15.7. The Morgan fingerprint density at radius 1 is 0.919 bits per heavy atom. The lowest BCUT2D eigenvalue weighted by Gasteiger charge is -2.35. The largest absolute Gasteiger partial charge is 0.493 e. The van der Waals surface area contributed by atoms with Crippen molar-refractivity contribution < 1.29 is 23.7 Å². The number of hydrogen-bond donors (Lipinski definition) is 0. The number of anilines is 1. The lowest BCUT2D eigenvalue weighted by molar-refractivity contribution is -0.143. The number of piperazine rings is 1. The van der Waals surface area contributed by atoms with Crippen molar-refractivity contribution in [1.82, 2.24) is 14.9 Å². The van der Waals surface area contributed by atoms with Crippen LogP contribution in [0.1, 0.15) is 44.6 Å². The van der Waals surface area contributed by atoms with Crippen LogP contribution in [0.25, 0.3) is 0 Å². The minimum absolute atomic E-state index is 0. The molecule has 1 saturated heterocycles. The van der Waals surface area contributed by atoms with Crippen LogP contribution in [0.3, 0.4) is 0 Å². The van der Waals surface area contributed by atoms with Crippen molar-refractivity contribution in [2.24, 2.45) is 0 Å². The van der Waals surface area contributed by atoms with Crippen LogP contribution < -0.4 is 19.1 Å². The van der Waals surface area contributed by atoms with Crippen molar-refractivity contribution in [1.29, 1.82) is 0 Å². The minimum Gasteiger partial charge on any atom is -0.493 e. The summed E-state index contributed by atoms with van der Waals surface area (Å²) in [4.78, 5) is 24.8. The van der Waals surface area contributed by atoms with E-state index < -0.39 is 0 Å². The molecule has 0 amide bonds. The van der Waals surface area contributed by atoms with Crippen LogP contribution >= 0.6 is 24.8 Å². The lowest BCUT2D eigenvalue weighted by Crippen LogP contribution is -2.46. The summed E-state index contributed by atoms with van der Waals surface area (Å²) in [6.45, 7) is 7.18. The average Bonchev–Trinajstić information content (AvgIpc) is 2.89. The SMILES string of the molecule is CCOC(=O)CCCCCCOc1c(CN2CCN(c3ncccn3)CC2)ccc(OC)c1OC.Cl.Cl. The predicted octanol–water partition coefficient (Wildman–Crippen LogP) is 4.55. The Bertz CT molecular complexity index is 915. The second-order valence-electron chi connectivity index (χ2n) is 8.42. The van der Waals surface area contributed by atoms with Crippen LogP contribution in [-0.4, -0.2) is 74.4 Å². The van der Waals surface area contributed by atoms with Crippen molar-refractivity contribution in [2.45, 2.75) is 45.6 Å². The van der Waals surface area contributed by atoms with E-state index in [0.29, 0.717) is 31.1 Å². The molecule has 2 heterocycles. The molecule has 1 aromatic carbocycles. The highest BCUT2D eigenvalue weighted by atomic mass is 35.5. The number of halogens is 2. The van der Waals surface area contributed by atoms with Gasteiger partial charge in [0.1, 0.15) is 0 Å². The van der Waals surface area contributed by atoms with Crippen molar-refractivity contribution >= 4 is 36.7 Å². The van der Waals surface area contributed by atoms with Gasteiger partial charge in [-0.25, -0.2) is 9.97 Å². The lowest BCUT2D eigenvalue weighted by atomic mass is 10.1. The Balaban J connectivity index is 0.00000342. The van der Waals surface area contributed by atoms with Gasteiger partial charge in [-0.2, -0.15) is 0 Å². The number of rotatable bonds is 14. The summed E-state index contributed by atoms with van der Waals surface area (Å²) in [5.41, 5.74) is 1.08. The number of unbranched alkanes of at least 4 members (excludes halogenated alkanes) is 3.